The molecule has 2 amide bonds. The van der Waals surface area contributed by atoms with E-state index in [9.17, 15) is 19.5 Å². The van der Waals surface area contributed by atoms with Crippen molar-refractivity contribution in [2.75, 3.05) is 20.2 Å². The summed E-state index contributed by atoms with van der Waals surface area (Å²) in [5, 5.41) is 11.8. The fourth-order valence-electron chi connectivity index (χ4n) is 2.47. The molecule has 0 spiro atoms. The van der Waals surface area contributed by atoms with Gasteiger partial charge in [-0.15, -0.1) is 0 Å². The van der Waals surface area contributed by atoms with Crippen molar-refractivity contribution in [3.05, 3.63) is 29.8 Å². The third kappa shape index (κ3) is 6.45. The predicted octanol–water partition coefficient (Wildman–Crippen LogP) is 1.63. The molecule has 0 bridgehead atoms. The van der Waals surface area contributed by atoms with Gasteiger partial charge in [-0.05, 0) is 30.5 Å². The molecule has 138 valence electrons. The summed E-state index contributed by atoms with van der Waals surface area (Å²) in [7, 11) is 1.58. The van der Waals surface area contributed by atoms with E-state index in [4.69, 9.17) is 4.74 Å². The Labute approximate surface area is 148 Å². The number of amides is 2. The number of aliphatic carboxylic acids is 1. The van der Waals surface area contributed by atoms with Crippen LogP contribution in [0.4, 0.5) is 0 Å². The van der Waals surface area contributed by atoms with Crippen molar-refractivity contribution in [3.8, 4) is 5.75 Å². The maximum atomic E-state index is 12.6. The number of rotatable bonds is 9. The van der Waals surface area contributed by atoms with E-state index in [1.165, 1.54) is 18.7 Å². The Bertz CT molecular complexity index is 617. The second kappa shape index (κ2) is 9.66. The van der Waals surface area contributed by atoms with Crippen LogP contribution in [-0.4, -0.2) is 54.0 Å². The number of carboxylic acids is 1. The van der Waals surface area contributed by atoms with Gasteiger partial charge >= 0.3 is 5.97 Å². The molecular weight excluding hydrogens is 324 g/mol. The summed E-state index contributed by atoms with van der Waals surface area (Å²) in [6, 6.07) is 6.48. The lowest BCUT2D eigenvalue weighted by Gasteiger charge is -2.28. The Hall–Kier alpha value is -2.57. The highest BCUT2D eigenvalue weighted by Crippen LogP contribution is 2.24. The average molecular weight is 350 g/mol. The van der Waals surface area contributed by atoms with Crippen molar-refractivity contribution >= 4 is 17.8 Å². The molecular formula is C18H26N2O5. The van der Waals surface area contributed by atoms with Gasteiger partial charge in [0.05, 0.1) is 7.11 Å². The monoisotopic (exact) mass is 350 g/mol. The van der Waals surface area contributed by atoms with Crippen molar-refractivity contribution in [1.82, 2.24) is 10.2 Å². The first-order valence-electron chi connectivity index (χ1n) is 8.17. The third-order valence-corrected chi connectivity index (χ3v) is 4.02. The standard InChI is InChI=1S/C18H26N2O5/c1-12(15-6-5-7-16(11-15)25-4)10-17(22)20(13(2)18(23)24)9-8-19-14(3)21/h5-7,11-13H,8-10H2,1-4H3,(H,19,21)(H,23,24). The Balaban J connectivity index is 2.81. The SMILES string of the molecule is COc1cccc(C(C)CC(=O)N(CCNC(C)=O)C(C)C(=O)O)c1. The Kier molecular flexibility index (Phi) is 7.91. The van der Waals surface area contributed by atoms with Gasteiger partial charge in [0.2, 0.25) is 11.8 Å². The van der Waals surface area contributed by atoms with Gasteiger partial charge in [-0.1, -0.05) is 19.1 Å². The highest BCUT2D eigenvalue weighted by Gasteiger charge is 2.26. The summed E-state index contributed by atoms with van der Waals surface area (Å²) >= 11 is 0. The molecule has 2 atom stereocenters. The number of nitrogens with one attached hydrogen (secondary N) is 1. The van der Waals surface area contributed by atoms with Crippen LogP contribution >= 0.6 is 0 Å². The maximum absolute atomic E-state index is 12.6. The molecule has 0 aliphatic rings. The van der Waals surface area contributed by atoms with E-state index in [0.717, 1.165) is 5.56 Å². The van der Waals surface area contributed by atoms with Crippen LogP contribution in [0.2, 0.25) is 0 Å². The van der Waals surface area contributed by atoms with E-state index in [1.807, 2.05) is 31.2 Å². The van der Waals surface area contributed by atoms with Crippen molar-refractivity contribution in [2.24, 2.45) is 0 Å². The zero-order valence-corrected chi connectivity index (χ0v) is 15.1. The van der Waals surface area contributed by atoms with E-state index in [-0.39, 0.29) is 37.2 Å². The maximum Gasteiger partial charge on any atom is 0.326 e. The van der Waals surface area contributed by atoms with E-state index < -0.39 is 12.0 Å². The molecule has 1 aromatic carbocycles. The van der Waals surface area contributed by atoms with Crippen LogP contribution < -0.4 is 10.1 Å². The van der Waals surface area contributed by atoms with Gasteiger partial charge < -0.3 is 20.1 Å². The van der Waals surface area contributed by atoms with Gasteiger partial charge in [-0.2, -0.15) is 0 Å². The molecule has 1 aromatic rings. The second-order valence-electron chi connectivity index (χ2n) is 5.97. The number of methoxy groups -OCH3 is 1. The first-order chi connectivity index (χ1) is 11.8. The van der Waals surface area contributed by atoms with Crippen LogP contribution in [0.15, 0.2) is 24.3 Å². The smallest absolute Gasteiger partial charge is 0.326 e. The summed E-state index contributed by atoms with van der Waals surface area (Å²) in [6.07, 6.45) is 0.171. The highest BCUT2D eigenvalue weighted by molar-refractivity contribution is 5.84. The number of ether oxygens (including phenoxy) is 1. The molecule has 0 saturated heterocycles. The number of benzene rings is 1. The van der Waals surface area contributed by atoms with Crippen molar-refractivity contribution in [3.63, 3.8) is 0 Å². The van der Waals surface area contributed by atoms with Crippen molar-refractivity contribution in [2.45, 2.75) is 39.2 Å². The molecule has 2 unspecified atom stereocenters. The summed E-state index contributed by atoms with van der Waals surface area (Å²) in [4.78, 5) is 36.2. The fraction of sp³-hybridized carbons (Fsp3) is 0.500. The van der Waals surface area contributed by atoms with Gasteiger partial charge in [0.25, 0.3) is 0 Å². The van der Waals surface area contributed by atoms with Gasteiger partial charge in [0.15, 0.2) is 0 Å². The number of carbonyl (C=O) groups excluding carboxylic acids is 2. The van der Waals surface area contributed by atoms with Crippen LogP contribution in [0.5, 0.6) is 5.75 Å². The first kappa shape index (κ1) is 20.5. The minimum absolute atomic E-state index is 0.0909. The Morgan fingerprint density at radius 2 is 1.96 bits per heavy atom. The second-order valence-corrected chi connectivity index (χ2v) is 5.97. The minimum Gasteiger partial charge on any atom is -0.497 e. The fourth-order valence-corrected chi connectivity index (χ4v) is 2.47. The average Bonchev–Trinajstić information content (AvgIpc) is 2.57. The number of hydrogen-bond donors (Lipinski definition) is 2. The normalized spacial score (nSPS) is 12.8. The minimum atomic E-state index is -1.08. The van der Waals surface area contributed by atoms with Crippen LogP contribution in [0.3, 0.4) is 0 Å². The van der Waals surface area contributed by atoms with E-state index in [1.54, 1.807) is 7.11 Å². The lowest BCUT2D eigenvalue weighted by atomic mass is 9.96. The molecule has 0 aliphatic heterocycles. The molecule has 0 heterocycles. The predicted molar refractivity (Wildman–Crippen MR) is 93.5 cm³/mol. The largest absolute Gasteiger partial charge is 0.497 e. The molecule has 2 N–H and O–H groups in total. The number of carbonyl (C=O) groups is 3. The van der Waals surface area contributed by atoms with Crippen molar-refractivity contribution in [1.29, 1.82) is 0 Å². The molecule has 0 saturated carbocycles. The van der Waals surface area contributed by atoms with Gasteiger partial charge in [0.1, 0.15) is 11.8 Å². The highest BCUT2D eigenvalue weighted by atomic mass is 16.5. The topological polar surface area (TPSA) is 95.9 Å². The zero-order valence-electron chi connectivity index (χ0n) is 15.1. The van der Waals surface area contributed by atoms with E-state index in [0.29, 0.717) is 5.75 Å². The third-order valence-electron chi connectivity index (χ3n) is 4.02. The quantitative estimate of drug-likeness (QED) is 0.706. The lowest BCUT2D eigenvalue weighted by Crippen LogP contribution is -2.47. The molecule has 25 heavy (non-hydrogen) atoms. The van der Waals surface area contributed by atoms with Crippen LogP contribution in [0.1, 0.15) is 38.7 Å². The summed E-state index contributed by atoms with van der Waals surface area (Å²) < 4.78 is 5.19. The van der Waals surface area contributed by atoms with Gasteiger partial charge in [0, 0.05) is 26.4 Å². The van der Waals surface area contributed by atoms with Crippen molar-refractivity contribution < 1.29 is 24.2 Å². The summed E-state index contributed by atoms with van der Waals surface area (Å²) in [6.45, 7) is 5.11. The summed E-state index contributed by atoms with van der Waals surface area (Å²) in [5.41, 5.74) is 0.942. The van der Waals surface area contributed by atoms with Gasteiger partial charge in [-0.25, -0.2) is 4.79 Å². The number of nitrogens with zero attached hydrogens (tertiary/aromatic N) is 1. The molecule has 1 rings (SSSR count). The zero-order chi connectivity index (χ0) is 19.0. The molecule has 0 aromatic heterocycles. The first-order valence-corrected chi connectivity index (χ1v) is 8.17. The van der Waals surface area contributed by atoms with Crippen LogP contribution in [-0.2, 0) is 14.4 Å². The van der Waals surface area contributed by atoms with Crippen LogP contribution in [0.25, 0.3) is 0 Å². The van der Waals surface area contributed by atoms with E-state index in [2.05, 4.69) is 5.32 Å². The van der Waals surface area contributed by atoms with Crippen LogP contribution in [0, 0.1) is 0 Å². The molecule has 0 aliphatic carbocycles. The molecule has 7 nitrogen and oxygen atoms in total. The molecule has 0 fully saturated rings. The number of hydrogen-bond acceptors (Lipinski definition) is 4. The summed E-state index contributed by atoms with van der Waals surface area (Å²) in [5.74, 6) is -0.953. The lowest BCUT2D eigenvalue weighted by molar-refractivity contribution is -0.149. The Morgan fingerprint density at radius 1 is 1.28 bits per heavy atom. The molecule has 7 heteroatoms. The number of carboxylic acid groups (broad SMARTS) is 1. The molecule has 0 radical (unpaired) electrons. The Morgan fingerprint density at radius 3 is 2.52 bits per heavy atom. The van der Waals surface area contributed by atoms with Gasteiger partial charge in [-0.3, -0.25) is 9.59 Å². The van der Waals surface area contributed by atoms with E-state index >= 15 is 0 Å².